The number of ether oxygens (including phenoxy) is 1. The number of aromatic nitrogens is 3. The maximum atomic E-state index is 13.2. The van der Waals surface area contributed by atoms with Gasteiger partial charge in [0.1, 0.15) is 17.2 Å². The monoisotopic (exact) mass is 460 g/mol. The van der Waals surface area contributed by atoms with Crippen molar-refractivity contribution in [2.45, 2.75) is 13.5 Å². The van der Waals surface area contributed by atoms with Crippen molar-refractivity contribution in [2.75, 3.05) is 14.2 Å². The molecule has 0 aliphatic carbocycles. The van der Waals surface area contributed by atoms with E-state index in [4.69, 9.17) is 4.74 Å². The van der Waals surface area contributed by atoms with Gasteiger partial charge in [-0.1, -0.05) is 35.4 Å². The molecule has 1 amide bonds. The second-order valence-corrected chi connectivity index (χ2v) is 7.84. The van der Waals surface area contributed by atoms with Crippen LogP contribution in [0.2, 0.25) is 0 Å². The van der Waals surface area contributed by atoms with Crippen molar-refractivity contribution in [3.05, 3.63) is 77.4 Å². The molecule has 0 saturated carbocycles. The topological polar surface area (TPSA) is 121 Å². The number of rotatable bonds is 6. The Morgan fingerprint density at radius 2 is 1.76 bits per heavy atom. The fourth-order valence-corrected chi connectivity index (χ4v) is 3.74. The molecular weight excluding hydrogens is 436 g/mol. The third-order valence-corrected chi connectivity index (χ3v) is 5.49. The zero-order valence-corrected chi connectivity index (χ0v) is 18.9. The fraction of sp³-hybridized carbons (Fsp3) is 0.160. The van der Waals surface area contributed by atoms with E-state index in [0.717, 1.165) is 17.2 Å². The summed E-state index contributed by atoms with van der Waals surface area (Å²) in [6.45, 7) is 2.13. The van der Waals surface area contributed by atoms with Gasteiger partial charge in [0.15, 0.2) is 5.82 Å². The summed E-state index contributed by atoms with van der Waals surface area (Å²) in [5, 5.41) is 39.1. The van der Waals surface area contributed by atoms with Gasteiger partial charge in [-0.2, -0.15) is 0 Å². The van der Waals surface area contributed by atoms with Crippen molar-refractivity contribution in [3.8, 4) is 40.3 Å². The first-order valence-electron chi connectivity index (χ1n) is 10.4. The number of carbonyl (C=O) groups is 1. The molecule has 0 radical (unpaired) electrons. The molecule has 9 nitrogen and oxygen atoms in total. The summed E-state index contributed by atoms with van der Waals surface area (Å²) in [6, 6.07) is 16.6. The number of aryl methyl sites for hydroxylation is 1. The van der Waals surface area contributed by atoms with Gasteiger partial charge in [-0.25, -0.2) is 4.57 Å². The number of carbonyl (C=O) groups excluding carboxylic acids is 1. The molecule has 0 aliphatic rings. The van der Waals surface area contributed by atoms with Crippen LogP contribution in [0, 0.1) is 6.92 Å². The predicted molar refractivity (Wildman–Crippen MR) is 125 cm³/mol. The molecule has 174 valence electrons. The predicted octanol–water partition coefficient (Wildman–Crippen LogP) is 3.64. The third kappa shape index (κ3) is 4.23. The lowest BCUT2D eigenvalue weighted by molar-refractivity contribution is 0.0782. The molecule has 3 aromatic carbocycles. The van der Waals surface area contributed by atoms with Crippen molar-refractivity contribution < 1.29 is 24.9 Å². The van der Waals surface area contributed by atoms with Crippen LogP contribution in [0.15, 0.2) is 60.7 Å². The highest BCUT2D eigenvalue weighted by molar-refractivity contribution is 5.98. The Morgan fingerprint density at radius 3 is 2.50 bits per heavy atom. The zero-order chi connectivity index (χ0) is 24.4. The van der Waals surface area contributed by atoms with Crippen molar-refractivity contribution >= 4 is 5.91 Å². The van der Waals surface area contributed by atoms with E-state index in [1.54, 1.807) is 26.3 Å². The van der Waals surface area contributed by atoms with Crippen LogP contribution in [-0.4, -0.2) is 55.0 Å². The zero-order valence-electron chi connectivity index (χ0n) is 18.9. The summed E-state index contributed by atoms with van der Waals surface area (Å²) in [4.78, 5) is 14.6. The Bertz CT molecular complexity index is 1370. The molecule has 0 saturated heterocycles. The molecule has 0 fully saturated rings. The van der Waals surface area contributed by atoms with E-state index in [2.05, 4.69) is 10.2 Å². The molecule has 34 heavy (non-hydrogen) atoms. The molecule has 3 N–H and O–H groups in total. The number of benzene rings is 3. The molecule has 0 unspecified atom stereocenters. The average molecular weight is 460 g/mol. The number of nitrogens with zero attached hydrogens (tertiary/aromatic N) is 4. The maximum absolute atomic E-state index is 13.2. The van der Waals surface area contributed by atoms with E-state index in [9.17, 15) is 20.1 Å². The molecule has 4 aromatic rings. The quantitative estimate of drug-likeness (QED) is 0.402. The second kappa shape index (κ2) is 9.14. The van der Waals surface area contributed by atoms with Gasteiger partial charge in [0.05, 0.1) is 23.9 Å². The van der Waals surface area contributed by atoms with Crippen molar-refractivity contribution in [2.24, 2.45) is 0 Å². The molecule has 9 heteroatoms. The molecule has 0 aliphatic heterocycles. The second-order valence-electron chi connectivity index (χ2n) is 7.84. The van der Waals surface area contributed by atoms with E-state index in [0.29, 0.717) is 11.4 Å². The van der Waals surface area contributed by atoms with Crippen molar-refractivity contribution in [3.63, 3.8) is 0 Å². The summed E-state index contributed by atoms with van der Waals surface area (Å²) in [6.07, 6.45) is 0. The first kappa shape index (κ1) is 22.7. The van der Waals surface area contributed by atoms with E-state index in [-0.39, 0.29) is 41.0 Å². The SMILES string of the molecule is COc1cccc(CN(C)C(=O)c2cc(-c3nnc(O)n3-c3ccccc3C)c(O)cc2O)c1. The van der Waals surface area contributed by atoms with Gasteiger partial charge in [0.2, 0.25) is 0 Å². The van der Waals surface area contributed by atoms with Crippen LogP contribution in [0.1, 0.15) is 21.5 Å². The molecule has 0 bridgehead atoms. The van der Waals surface area contributed by atoms with Crippen LogP contribution in [-0.2, 0) is 6.54 Å². The molecule has 0 spiro atoms. The van der Waals surface area contributed by atoms with E-state index in [1.807, 2.05) is 43.3 Å². The minimum atomic E-state index is -0.465. The summed E-state index contributed by atoms with van der Waals surface area (Å²) in [7, 11) is 3.17. The molecular formula is C25H24N4O5. The van der Waals surface area contributed by atoms with E-state index >= 15 is 0 Å². The molecule has 4 rings (SSSR count). The summed E-state index contributed by atoms with van der Waals surface area (Å²) < 4.78 is 6.60. The first-order valence-corrected chi connectivity index (χ1v) is 10.4. The Hall–Kier alpha value is -4.53. The molecule has 1 aromatic heterocycles. The maximum Gasteiger partial charge on any atom is 0.319 e. The summed E-state index contributed by atoms with van der Waals surface area (Å²) in [5.74, 6) is -0.369. The number of hydrogen-bond acceptors (Lipinski definition) is 7. The Kier molecular flexibility index (Phi) is 6.09. The number of aromatic hydroxyl groups is 3. The number of hydrogen-bond donors (Lipinski definition) is 3. The largest absolute Gasteiger partial charge is 0.507 e. The smallest absolute Gasteiger partial charge is 0.319 e. The van der Waals surface area contributed by atoms with Crippen molar-refractivity contribution in [1.29, 1.82) is 0 Å². The third-order valence-electron chi connectivity index (χ3n) is 5.49. The average Bonchev–Trinajstić information content (AvgIpc) is 3.20. The fourth-order valence-electron chi connectivity index (χ4n) is 3.74. The minimum absolute atomic E-state index is 0.0305. The summed E-state index contributed by atoms with van der Waals surface area (Å²) >= 11 is 0. The van der Waals surface area contributed by atoms with Gasteiger partial charge in [-0.15, -0.1) is 5.10 Å². The van der Waals surface area contributed by atoms with Crippen molar-refractivity contribution in [1.82, 2.24) is 19.7 Å². The summed E-state index contributed by atoms with van der Waals surface area (Å²) in [5.41, 5.74) is 2.39. The Balaban J connectivity index is 1.73. The lowest BCUT2D eigenvalue weighted by Gasteiger charge is -2.19. The number of amides is 1. The Labute approximate surface area is 196 Å². The van der Waals surface area contributed by atoms with Crippen LogP contribution in [0.5, 0.6) is 23.3 Å². The molecule has 1 heterocycles. The van der Waals surface area contributed by atoms with Gasteiger partial charge < -0.3 is 25.0 Å². The first-order chi connectivity index (χ1) is 16.3. The highest BCUT2D eigenvalue weighted by Crippen LogP contribution is 2.37. The molecule has 0 atom stereocenters. The number of para-hydroxylation sites is 1. The van der Waals surface area contributed by atoms with E-state index < -0.39 is 5.91 Å². The number of phenols is 2. The van der Waals surface area contributed by atoms with Gasteiger partial charge in [0.25, 0.3) is 5.91 Å². The van der Waals surface area contributed by atoms with Gasteiger partial charge in [-0.05, 0) is 42.3 Å². The lowest BCUT2D eigenvalue weighted by atomic mass is 10.1. The highest BCUT2D eigenvalue weighted by Gasteiger charge is 2.24. The Morgan fingerprint density at radius 1 is 1.00 bits per heavy atom. The highest BCUT2D eigenvalue weighted by atomic mass is 16.5. The normalized spacial score (nSPS) is 10.8. The van der Waals surface area contributed by atoms with Gasteiger partial charge in [0, 0.05) is 19.7 Å². The van der Waals surface area contributed by atoms with Crippen LogP contribution < -0.4 is 4.74 Å². The van der Waals surface area contributed by atoms with Gasteiger partial charge in [-0.3, -0.25) is 4.79 Å². The standard InChI is InChI=1S/C25H24N4O5/c1-15-7-4-5-10-20(15)29-23(26-27-25(29)33)18-12-19(22(31)13-21(18)30)24(32)28(2)14-16-8-6-9-17(11-16)34-3/h4-13,30-31H,14H2,1-3H3,(H,27,33). The minimum Gasteiger partial charge on any atom is -0.507 e. The lowest BCUT2D eigenvalue weighted by Crippen LogP contribution is -2.26. The van der Waals surface area contributed by atoms with Crippen LogP contribution in [0.4, 0.5) is 0 Å². The van der Waals surface area contributed by atoms with Crippen LogP contribution >= 0.6 is 0 Å². The van der Waals surface area contributed by atoms with E-state index in [1.165, 1.54) is 15.5 Å². The van der Waals surface area contributed by atoms with Crippen LogP contribution in [0.25, 0.3) is 17.1 Å². The van der Waals surface area contributed by atoms with Crippen LogP contribution in [0.3, 0.4) is 0 Å². The number of methoxy groups -OCH3 is 1. The number of phenolic OH excluding ortho intramolecular Hbond substituents is 2. The van der Waals surface area contributed by atoms with Gasteiger partial charge >= 0.3 is 6.01 Å².